The standard InChI is InChI=1S/C16H20FN3O2/c1-10-3-4-12(7-13(10)17)8-19-5-6-20-14(9-19)15(21)18-11(2)16(20)22/h3-4,7,11,14H,5-6,8-9H2,1-2H3,(H,18,21)/t11-,14+/m0/s1. The normalized spacial score (nSPS) is 25.9. The van der Waals surface area contributed by atoms with E-state index in [4.69, 9.17) is 0 Å². The first-order chi connectivity index (χ1) is 10.5. The first kappa shape index (κ1) is 15.0. The summed E-state index contributed by atoms with van der Waals surface area (Å²) in [4.78, 5) is 27.9. The van der Waals surface area contributed by atoms with E-state index in [-0.39, 0.29) is 17.6 Å². The van der Waals surface area contributed by atoms with Crippen LogP contribution in [0.5, 0.6) is 0 Å². The highest BCUT2D eigenvalue weighted by molar-refractivity contribution is 5.97. The number of fused-ring (bicyclic) bond motifs is 1. The van der Waals surface area contributed by atoms with Gasteiger partial charge in [-0.1, -0.05) is 12.1 Å². The molecule has 1 aromatic rings. The van der Waals surface area contributed by atoms with Crippen LogP contribution >= 0.6 is 0 Å². The van der Waals surface area contributed by atoms with Crippen molar-refractivity contribution in [1.29, 1.82) is 0 Å². The lowest BCUT2D eigenvalue weighted by molar-refractivity contribution is -0.152. The maximum absolute atomic E-state index is 13.6. The van der Waals surface area contributed by atoms with Gasteiger partial charge in [0.2, 0.25) is 11.8 Å². The van der Waals surface area contributed by atoms with Crippen molar-refractivity contribution in [1.82, 2.24) is 15.1 Å². The van der Waals surface area contributed by atoms with Crippen molar-refractivity contribution < 1.29 is 14.0 Å². The van der Waals surface area contributed by atoms with Gasteiger partial charge in [0.25, 0.3) is 0 Å². The molecule has 0 aliphatic carbocycles. The molecule has 0 aromatic heterocycles. The van der Waals surface area contributed by atoms with Crippen LogP contribution in [0.4, 0.5) is 4.39 Å². The second-order valence-electron chi connectivity index (χ2n) is 6.10. The Morgan fingerprint density at radius 2 is 2.09 bits per heavy atom. The third-order valence-corrected chi connectivity index (χ3v) is 4.42. The molecule has 0 bridgehead atoms. The number of halogens is 1. The first-order valence-electron chi connectivity index (χ1n) is 7.54. The van der Waals surface area contributed by atoms with E-state index in [1.165, 1.54) is 6.07 Å². The highest BCUT2D eigenvalue weighted by Gasteiger charge is 2.41. The first-order valence-corrected chi connectivity index (χ1v) is 7.54. The molecule has 0 unspecified atom stereocenters. The lowest BCUT2D eigenvalue weighted by atomic mass is 10.0. The summed E-state index contributed by atoms with van der Waals surface area (Å²) in [6.45, 7) is 5.74. The number of rotatable bonds is 2. The molecule has 118 valence electrons. The van der Waals surface area contributed by atoms with Crippen LogP contribution in [0.15, 0.2) is 18.2 Å². The summed E-state index contributed by atoms with van der Waals surface area (Å²) < 4.78 is 13.6. The molecule has 2 aliphatic heterocycles. The Morgan fingerprint density at radius 3 is 2.82 bits per heavy atom. The van der Waals surface area contributed by atoms with Gasteiger partial charge in [-0.25, -0.2) is 4.39 Å². The summed E-state index contributed by atoms with van der Waals surface area (Å²) in [6.07, 6.45) is 0. The van der Waals surface area contributed by atoms with Gasteiger partial charge in [-0.15, -0.1) is 0 Å². The second-order valence-corrected chi connectivity index (χ2v) is 6.10. The van der Waals surface area contributed by atoms with Gasteiger partial charge in [-0.2, -0.15) is 0 Å². The minimum absolute atomic E-state index is 0.0226. The molecule has 1 aromatic carbocycles. The molecule has 2 heterocycles. The van der Waals surface area contributed by atoms with E-state index in [1.54, 1.807) is 24.8 Å². The Bertz CT molecular complexity index is 619. The zero-order valence-electron chi connectivity index (χ0n) is 12.8. The number of nitrogens with zero attached hydrogens (tertiary/aromatic N) is 2. The molecule has 3 rings (SSSR count). The fourth-order valence-electron chi connectivity index (χ4n) is 3.08. The van der Waals surface area contributed by atoms with E-state index >= 15 is 0 Å². The fourth-order valence-corrected chi connectivity index (χ4v) is 3.08. The van der Waals surface area contributed by atoms with E-state index in [2.05, 4.69) is 10.2 Å². The molecule has 0 saturated carbocycles. The number of aryl methyl sites for hydroxylation is 1. The van der Waals surface area contributed by atoms with Crippen LogP contribution in [0.1, 0.15) is 18.1 Å². The topological polar surface area (TPSA) is 52.6 Å². The predicted molar refractivity (Wildman–Crippen MR) is 79.5 cm³/mol. The lowest BCUT2D eigenvalue weighted by Gasteiger charge is -2.44. The molecule has 2 saturated heterocycles. The van der Waals surface area contributed by atoms with Crippen LogP contribution in [0.3, 0.4) is 0 Å². The van der Waals surface area contributed by atoms with Crippen molar-refractivity contribution in [3.8, 4) is 0 Å². The highest BCUT2D eigenvalue weighted by Crippen LogP contribution is 2.18. The van der Waals surface area contributed by atoms with Gasteiger partial charge in [0.1, 0.15) is 17.9 Å². The molecule has 2 amide bonds. The van der Waals surface area contributed by atoms with Crippen molar-refractivity contribution in [3.63, 3.8) is 0 Å². The summed E-state index contributed by atoms with van der Waals surface area (Å²) in [5.41, 5.74) is 1.51. The average Bonchev–Trinajstić information content (AvgIpc) is 2.49. The summed E-state index contributed by atoms with van der Waals surface area (Å²) in [5, 5.41) is 2.71. The zero-order chi connectivity index (χ0) is 15.9. The minimum Gasteiger partial charge on any atom is -0.343 e. The third-order valence-electron chi connectivity index (χ3n) is 4.42. The maximum Gasteiger partial charge on any atom is 0.245 e. The molecule has 5 nitrogen and oxygen atoms in total. The number of hydrogen-bond donors (Lipinski definition) is 1. The highest BCUT2D eigenvalue weighted by atomic mass is 19.1. The van der Waals surface area contributed by atoms with Crippen LogP contribution in [0.2, 0.25) is 0 Å². The Balaban J connectivity index is 1.70. The Labute approximate surface area is 129 Å². The Morgan fingerprint density at radius 1 is 1.32 bits per heavy atom. The lowest BCUT2D eigenvalue weighted by Crippen LogP contribution is -2.68. The third kappa shape index (κ3) is 2.70. The van der Waals surface area contributed by atoms with Gasteiger partial charge < -0.3 is 10.2 Å². The SMILES string of the molecule is Cc1ccc(CN2CCN3C(=O)[C@H](C)NC(=O)[C@H]3C2)cc1F. The van der Waals surface area contributed by atoms with Gasteiger partial charge in [-0.3, -0.25) is 14.5 Å². The molecular formula is C16H20FN3O2. The van der Waals surface area contributed by atoms with Crippen molar-refractivity contribution in [3.05, 3.63) is 35.1 Å². The van der Waals surface area contributed by atoms with E-state index in [1.807, 2.05) is 6.07 Å². The molecule has 0 spiro atoms. The quantitative estimate of drug-likeness (QED) is 0.873. The van der Waals surface area contributed by atoms with Crippen molar-refractivity contribution >= 4 is 11.8 Å². The number of nitrogens with one attached hydrogen (secondary N) is 1. The molecule has 0 radical (unpaired) electrons. The molecule has 2 atom stereocenters. The minimum atomic E-state index is -0.443. The van der Waals surface area contributed by atoms with Crippen molar-refractivity contribution in [2.45, 2.75) is 32.5 Å². The van der Waals surface area contributed by atoms with Gasteiger partial charge in [0, 0.05) is 26.2 Å². The van der Waals surface area contributed by atoms with Gasteiger partial charge in [-0.05, 0) is 31.0 Å². The largest absolute Gasteiger partial charge is 0.343 e. The zero-order valence-corrected chi connectivity index (χ0v) is 12.8. The average molecular weight is 305 g/mol. The summed E-state index contributed by atoms with van der Waals surface area (Å²) in [6, 6.07) is 4.32. The second kappa shape index (κ2) is 5.68. The Hall–Kier alpha value is -1.95. The summed E-state index contributed by atoms with van der Waals surface area (Å²) in [5.74, 6) is -0.340. The number of benzene rings is 1. The molecule has 1 N–H and O–H groups in total. The number of amides is 2. The molecule has 6 heteroatoms. The predicted octanol–water partition coefficient (Wildman–Crippen LogP) is 0.665. The molecule has 22 heavy (non-hydrogen) atoms. The number of carbonyl (C=O) groups excluding carboxylic acids is 2. The van der Waals surface area contributed by atoms with Crippen LogP contribution < -0.4 is 5.32 Å². The van der Waals surface area contributed by atoms with Crippen molar-refractivity contribution in [2.75, 3.05) is 19.6 Å². The number of carbonyl (C=O) groups is 2. The summed E-state index contributed by atoms with van der Waals surface area (Å²) in [7, 11) is 0. The Kier molecular flexibility index (Phi) is 3.87. The molecule has 2 fully saturated rings. The van der Waals surface area contributed by atoms with Crippen LogP contribution in [-0.2, 0) is 16.1 Å². The molecule has 2 aliphatic rings. The van der Waals surface area contributed by atoms with E-state index in [9.17, 15) is 14.0 Å². The van der Waals surface area contributed by atoms with Crippen LogP contribution in [0, 0.1) is 12.7 Å². The monoisotopic (exact) mass is 305 g/mol. The summed E-state index contributed by atoms with van der Waals surface area (Å²) >= 11 is 0. The number of piperazine rings is 2. The molecular weight excluding hydrogens is 285 g/mol. The van der Waals surface area contributed by atoms with Gasteiger partial charge in [0.05, 0.1) is 0 Å². The van der Waals surface area contributed by atoms with E-state index in [0.29, 0.717) is 31.7 Å². The van der Waals surface area contributed by atoms with Gasteiger partial charge >= 0.3 is 0 Å². The number of hydrogen-bond acceptors (Lipinski definition) is 3. The van der Waals surface area contributed by atoms with Crippen molar-refractivity contribution in [2.24, 2.45) is 0 Å². The maximum atomic E-state index is 13.6. The van der Waals surface area contributed by atoms with E-state index in [0.717, 1.165) is 5.56 Å². The smallest absolute Gasteiger partial charge is 0.245 e. The van der Waals surface area contributed by atoms with Crippen LogP contribution in [0.25, 0.3) is 0 Å². The van der Waals surface area contributed by atoms with Gasteiger partial charge in [0.15, 0.2) is 0 Å². The fraction of sp³-hybridized carbons (Fsp3) is 0.500. The van der Waals surface area contributed by atoms with Crippen LogP contribution in [-0.4, -0.2) is 53.3 Å². The van der Waals surface area contributed by atoms with E-state index < -0.39 is 12.1 Å².